The number of thiophene rings is 1. The van der Waals surface area contributed by atoms with Gasteiger partial charge in [-0.05, 0) is 61.7 Å². The molecule has 1 amide bonds. The molecule has 0 saturated carbocycles. The Balaban J connectivity index is 1.41. The molecule has 0 radical (unpaired) electrons. The highest BCUT2D eigenvalue weighted by molar-refractivity contribution is 7.89. The van der Waals surface area contributed by atoms with Gasteiger partial charge in [-0.3, -0.25) is 10.1 Å². The number of ether oxygens (including phenoxy) is 1. The highest BCUT2D eigenvalue weighted by Gasteiger charge is 2.27. The quantitative estimate of drug-likeness (QED) is 0.479. The summed E-state index contributed by atoms with van der Waals surface area (Å²) in [6.07, 6.45) is 0. The summed E-state index contributed by atoms with van der Waals surface area (Å²) in [5.74, 6) is 0.240. The second kappa shape index (κ2) is 10.1. The van der Waals surface area contributed by atoms with Crippen molar-refractivity contribution < 1.29 is 17.9 Å². The summed E-state index contributed by atoms with van der Waals surface area (Å²) in [5, 5.41) is 6.71. The molecule has 1 aliphatic rings. The Labute approximate surface area is 212 Å². The number of fused-ring (bicyclic) bond motifs is 1. The maximum absolute atomic E-state index is 12.9. The number of likely N-dealkylation sites (N-methyl/N-ethyl adjacent to an activating group) is 1. The predicted molar refractivity (Wildman–Crippen MR) is 140 cm³/mol. The molecule has 2 aromatic carbocycles. The largest absolute Gasteiger partial charge is 0.497 e. The number of rotatable bonds is 5. The first-order valence-electron chi connectivity index (χ1n) is 10.4. The van der Waals surface area contributed by atoms with Crippen LogP contribution in [-0.2, 0) is 10.0 Å². The second-order valence-electron chi connectivity index (χ2n) is 7.75. The molecule has 1 aromatic heterocycles. The van der Waals surface area contributed by atoms with Gasteiger partial charge in [0.15, 0.2) is 5.11 Å². The van der Waals surface area contributed by atoms with Crippen LogP contribution in [0.2, 0.25) is 5.02 Å². The molecule has 0 spiro atoms. The number of benzene rings is 2. The average Bonchev–Trinajstić information content (AvgIpc) is 3.15. The molecule has 0 unspecified atom stereocenters. The first kappa shape index (κ1) is 24.8. The Hall–Kier alpha value is -2.28. The first-order chi connectivity index (χ1) is 16.2. The van der Waals surface area contributed by atoms with Crippen LogP contribution >= 0.6 is 35.2 Å². The third kappa shape index (κ3) is 5.19. The van der Waals surface area contributed by atoms with E-state index in [2.05, 4.69) is 15.5 Å². The van der Waals surface area contributed by atoms with Crippen LogP contribution in [0.25, 0.3) is 10.1 Å². The van der Waals surface area contributed by atoms with Crippen molar-refractivity contribution >= 4 is 72.0 Å². The number of nitrogens with zero attached hydrogens (tertiary/aromatic N) is 2. The van der Waals surface area contributed by atoms with Gasteiger partial charge in [0.25, 0.3) is 5.91 Å². The van der Waals surface area contributed by atoms with E-state index in [1.807, 2.05) is 13.1 Å². The molecule has 4 rings (SSSR count). The van der Waals surface area contributed by atoms with Gasteiger partial charge >= 0.3 is 0 Å². The lowest BCUT2D eigenvalue weighted by Gasteiger charge is -2.31. The summed E-state index contributed by atoms with van der Waals surface area (Å²) < 4.78 is 33.3. The predicted octanol–water partition coefficient (Wildman–Crippen LogP) is 3.63. The Morgan fingerprint density at radius 3 is 2.44 bits per heavy atom. The van der Waals surface area contributed by atoms with Crippen molar-refractivity contribution in [2.75, 3.05) is 45.7 Å². The standard InChI is InChI=1S/C22H23ClN4O4S3/c1-26-9-11-27(12-10-26)34(29,30)16-6-3-14(4-7-16)24-22(32)25-21(28)20-19(23)17-8-5-15(31-2)13-18(17)33-20/h3-8,13H,9-12H2,1-2H3,(H2,24,25,28,32). The maximum Gasteiger partial charge on any atom is 0.269 e. The molecule has 34 heavy (non-hydrogen) atoms. The SMILES string of the molecule is COc1ccc2c(Cl)c(C(=O)NC(=S)Nc3ccc(S(=O)(=O)N4CCN(C)CC4)cc3)sc2c1. The molecule has 3 aromatic rings. The molecule has 1 fully saturated rings. The van der Waals surface area contributed by atoms with E-state index in [4.69, 9.17) is 28.6 Å². The van der Waals surface area contributed by atoms with Crippen molar-refractivity contribution in [2.24, 2.45) is 0 Å². The van der Waals surface area contributed by atoms with Crippen molar-refractivity contribution in [2.45, 2.75) is 4.90 Å². The Morgan fingerprint density at radius 2 is 1.79 bits per heavy atom. The minimum absolute atomic E-state index is 0.0748. The molecule has 1 aliphatic heterocycles. The number of halogens is 1. The zero-order valence-corrected chi connectivity index (χ0v) is 21.7. The summed E-state index contributed by atoms with van der Waals surface area (Å²) in [6.45, 7) is 2.32. The number of anilines is 1. The van der Waals surface area contributed by atoms with Gasteiger partial charge in [-0.15, -0.1) is 11.3 Å². The van der Waals surface area contributed by atoms with Gasteiger partial charge in [0.2, 0.25) is 10.0 Å². The number of amides is 1. The highest BCUT2D eigenvalue weighted by atomic mass is 35.5. The van der Waals surface area contributed by atoms with E-state index in [0.717, 1.165) is 10.1 Å². The van der Waals surface area contributed by atoms with E-state index in [1.165, 1.54) is 27.8 Å². The van der Waals surface area contributed by atoms with E-state index in [0.29, 0.717) is 47.5 Å². The first-order valence-corrected chi connectivity index (χ1v) is 13.4. The number of methoxy groups -OCH3 is 1. The fourth-order valence-corrected chi connectivity index (χ4v) is 6.60. The van der Waals surface area contributed by atoms with Gasteiger partial charge in [0, 0.05) is 42.0 Å². The Morgan fingerprint density at radius 1 is 1.12 bits per heavy atom. The fraction of sp³-hybridized carbons (Fsp3) is 0.273. The van der Waals surface area contributed by atoms with Crippen molar-refractivity contribution in [3.8, 4) is 5.75 Å². The van der Waals surface area contributed by atoms with Crippen molar-refractivity contribution in [1.82, 2.24) is 14.5 Å². The summed E-state index contributed by atoms with van der Waals surface area (Å²) in [5.41, 5.74) is 0.551. The van der Waals surface area contributed by atoms with E-state index in [-0.39, 0.29) is 10.0 Å². The van der Waals surface area contributed by atoms with E-state index in [1.54, 1.807) is 31.4 Å². The van der Waals surface area contributed by atoms with Crippen LogP contribution in [0.4, 0.5) is 5.69 Å². The van der Waals surface area contributed by atoms with Gasteiger partial charge in [0.05, 0.1) is 17.0 Å². The number of hydrogen-bond donors (Lipinski definition) is 2. The van der Waals surface area contributed by atoms with Gasteiger partial charge < -0.3 is 15.0 Å². The van der Waals surface area contributed by atoms with E-state index in [9.17, 15) is 13.2 Å². The molecule has 0 bridgehead atoms. The lowest BCUT2D eigenvalue weighted by atomic mass is 10.2. The zero-order valence-electron chi connectivity index (χ0n) is 18.5. The lowest BCUT2D eigenvalue weighted by molar-refractivity contribution is 0.0982. The molecule has 2 heterocycles. The number of thiocarbonyl (C=S) groups is 1. The molecule has 0 aliphatic carbocycles. The number of sulfonamides is 1. The van der Waals surface area contributed by atoms with Crippen LogP contribution < -0.4 is 15.4 Å². The molecule has 8 nitrogen and oxygen atoms in total. The summed E-state index contributed by atoms with van der Waals surface area (Å²) in [4.78, 5) is 15.4. The lowest BCUT2D eigenvalue weighted by Crippen LogP contribution is -2.46. The number of hydrogen-bond acceptors (Lipinski definition) is 7. The summed E-state index contributed by atoms with van der Waals surface area (Å²) in [7, 11) is -0.0122. The summed E-state index contributed by atoms with van der Waals surface area (Å²) in [6, 6.07) is 11.7. The number of carbonyl (C=O) groups is 1. The minimum atomic E-state index is -3.55. The molecule has 2 N–H and O–H groups in total. The number of carbonyl (C=O) groups excluding carboxylic acids is 1. The van der Waals surface area contributed by atoms with Gasteiger partial charge in [-0.25, -0.2) is 8.42 Å². The molecule has 1 saturated heterocycles. The molecular formula is C22H23ClN4O4S3. The molecular weight excluding hydrogens is 516 g/mol. The van der Waals surface area contributed by atoms with Crippen LogP contribution in [0.3, 0.4) is 0 Å². The summed E-state index contributed by atoms with van der Waals surface area (Å²) >= 11 is 12.9. The van der Waals surface area contributed by atoms with Crippen LogP contribution in [0.5, 0.6) is 5.75 Å². The fourth-order valence-electron chi connectivity index (χ4n) is 3.53. The van der Waals surface area contributed by atoms with Gasteiger partial charge in [0.1, 0.15) is 10.6 Å². The highest BCUT2D eigenvalue weighted by Crippen LogP contribution is 2.37. The third-order valence-electron chi connectivity index (χ3n) is 5.48. The van der Waals surface area contributed by atoms with Crippen molar-refractivity contribution in [3.63, 3.8) is 0 Å². The van der Waals surface area contributed by atoms with Crippen LogP contribution in [0.1, 0.15) is 9.67 Å². The van der Waals surface area contributed by atoms with Crippen LogP contribution in [0, 0.1) is 0 Å². The van der Waals surface area contributed by atoms with E-state index < -0.39 is 15.9 Å². The molecule has 12 heteroatoms. The maximum atomic E-state index is 12.9. The third-order valence-corrected chi connectivity index (χ3v) is 9.26. The Bertz CT molecular complexity index is 1330. The monoisotopic (exact) mass is 538 g/mol. The molecule has 180 valence electrons. The van der Waals surface area contributed by atoms with Crippen LogP contribution in [-0.4, -0.2) is 69.0 Å². The number of nitrogens with one attached hydrogen (secondary N) is 2. The average molecular weight is 539 g/mol. The Kier molecular flexibility index (Phi) is 7.41. The van der Waals surface area contributed by atoms with Gasteiger partial charge in [-0.2, -0.15) is 4.31 Å². The van der Waals surface area contributed by atoms with E-state index >= 15 is 0 Å². The zero-order chi connectivity index (χ0) is 24.5. The smallest absolute Gasteiger partial charge is 0.269 e. The molecule has 0 atom stereocenters. The van der Waals surface area contributed by atoms with Crippen molar-refractivity contribution in [3.05, 3.63) is 52.4 Å². The van der Waals surface area contributed by atoms with Gasteiger partial charge in [-0.1, -0.05) is 11.6 Å². The normalized spacial score (nSPS) is 15.3. The number of piperazine rings is 1. The second-order valence-corrected chi connectivity index (χ2v) is 11.5. The minimum Gasteiger partial charge on any atom is -0.497 e. The van der Waals surface area contributed by atoms with Crippen molar-refractivity contribution in [1.29, 1.82) is 0 Å². The topological polar surface area (TPSA) is 91.0 Å². The van der Waals surface area contributed by atoms with Crippen LogP contribution in [0.15, 0.2) is 47.4 Å².